The lowest BCUT2D eigenvalue weighted by atomic mass is 10.3. The number of imidazole rings is 1. The van der Waals surface area contributed by atoms with E-state index in [0.29, 0.717) is 6.54 Å². The van der Waals surface area contributed by atoms with Crippen LogP contribution in [0.4, 0.5) is 0 Å². The Morgan fingerprint density at radius 1 is 1.14 bits per heavy atom. The maximum absolute atomic E-state index is 4.73. The minimum atomic E-state index is 0.686. The Morgan fingerprint density at radius 3 is 2.71 bits per heavy atom. The third-order valence-corrected chi connectivity index (χ3v) is 3.55. The van der Waals surface area contributed by atoms with Crippen LogP contribution in [0.15, 0.2) is 30.6 Å². The molecule has 1 N–H and O–H groups in total. The Kier molecular flexibility index (Phi) is 3.96. The zero-order valence-corrected chi connectivity index (χ0v) is 12.5. The smallest absolute Gasteiger partial charge is 0.146 e. The van der Waals surface area contributed by atoms with Crippen molar-refractivity contribution in [2.45, 2.75) is 33.0 Å². The average molecular weight is 284 g/mol. The molecule has 6 nitrogen and oxygen atoms in total. The van der Waals surface area contributed by atoms with Gasteiger partial charge in [0.05, 0.1) is 24.1 Å². The van der Waals surface area contributed by atoms with Crippen LogP contribution >= 0.6 is 0 Å². The third kappa shape index (κ3) is 2.80. The van der Waals surface area contributed by atoms with Crippen LogP contribution in [0, 0.1) is 0 Å². The van der Waals surface area contributed by atoms with E-state index in [0.717, 1.165) is 36.7 Å². The van der Waals surface area contributed by atoms with E-state index in [-0.39, 0.29) is 0 Å². The van der Waals surface area contributed by atoms with Crippen LogP contribution in [-0.2, 0) is 26.7 Å². The molecule has 21 heavy (non-hydrogen) atoms. The lowest BCUT2D eigenvalue weighted by Crippen LogP contribution is -2.18. The molecule has 0 atom stereocenters. The minimum Gasteiger partial charge on any atom is -0.327 e. The summed E-state index contributed by atoms with van der Waals surface area (Å²) in [6, 6.07) is 8.28. The molecule has 3 aromatic rings. The second-order valence-electron chi connectivity index (χ2n) is 5.13. The molecule has 0 spiro atoms. The van der Waals surface area contributed by atoms with Crippen molar-refractivity contribution in [1.82, 2.24) is 29.6 Å². The minimum absolute atomic E-state index is 0.686. The van der Waals surface area contributed by atoms with Gasteiger partial charge in [0.15, 0.2) is 0 Å². The predicted molar refractivity (Wildman–Crippen MR) is 81.6 cm³/mol. The topological polar surface area (TPSA) is 60.6 Å². The van der Waals surface area contributed by atoms with Gasteiger partial charge in [-0.1, -0.05) is 19.1 Å². The highest BCUT2D eigenvalue weighted by atomic mass is 15.3. The first-order valence-corrected chi connectivity index (χ1v) is 7.27. The van der Waals surface area contributed by atoms with Crippen LogP contribution in [0.25, 0.3) is 11.0 Å². The second kappa shape index (κ2) is 6.05. The summed E-state index contributed by atoms with van der Waals surface area (Å²) in [6.07, 6.45) is 2.81. The van der Waals surface area contributed by atoms with Gasteiger partial charge in [-0.15, -0.1) is 10.2 Å². The third-order valence-electron chi connectivity index (χ3n) is 3.55. The largest absolute Gasteiger partial charge is 0.327 e. The Morgan fingerprint density at radius 2 is 1.95 bits per heavy atom. The molecule has 0 aliphatic rings. The molecule has 3 rings (SSSR count). The number of aromatic nitrogens is 5. The molecule has 2 heterocycles. The van der Waals surface area contributed by atoms with Crippen molar-refractivity contribution in [3.63, 3.8) is 0 Å². The molecule has 0 aliphatic carbocycles. The van der Waals surface area contributed by atoms with E-state index >= 15 is 0 Å². The van der Waals surface area contributed by atoms with Gasteiger partial charge in [-0.2, -0.15) is 0 Å². The number of fused-ring (bicyclic) bond motifs is 1. The van der Waals surface area contributed by atoms with Gasteiger partial charge in [-0.25, -0.2) is 4.98 Å². The Bertz CT molecular complexity index is 727. The highest BCUT2D eigenvalue weighted by Gasteiger charge is 2.09. The molecule has 0 aliphatic heterocycles. The quantitative estimate of drug-likeness (QED) is 0.750. The van der Waals surface area contributed by atoms with Gasteiger partial charge in [0.2, 0.25) is 0 Å². The Hall–Kier alpha value is -2.21. The van der Waals surface area contributed by atoms with E-state index in [1.54, 1.807) is 6.33 Å². The molecule has 0 amide bonds. The molecule has 0 saturated carbocycles. The van der Waals surface area contributed by atoms with E-state index in [9.17, 15) is 0 Å². The Labute approximate surface area is 123 Å². The molecule has 0 saturated heterocycles. The second-order valence-corrected chi connectivity index (χ2v) is 5.13. The first-order valence-electron chi connectivity index (χ1n) is 7.27. The number of nitrogens with one attached hydrogen (secondary N) is 1. The summed E-state index contributed by atoms with van der Waals surface area (Å²) >= 11 is 0. The molecule has 110 valence electrons. The van der Waals surface area contributed by atoms with E-state index in [4.69, 9.17) is 4.98 Å². The van der Waals surface area contributed by atoms with E-state index in [1.165, 1.54) is 5.52 Å². The van der Waals surface area contributed by atoms with Gasteiger partial charge in [-0.3, -0.25) is 0 Å². The molecule has 2 aromatic heterocycles. The van der Waals surface area contributed by atoms with Crippen LogP contribution in [0.1, 0.15) is 25.0 Å². The molecule has 0 bridgehead atoms. The van der Waals surface area contributed by atoms with Crippen LogP contribution in [-0.4, -0.2) is 24.3 Å². The zero-order valence-electron chi connectivity index (χ0n) is 12.5. The molecule has 0 unspecified atom stereocenters. The van der Waals surface area contributed by atoms with Gasteiger partial charge in [0, 0.05) is 13.6 Å². The number of para-hydroxylation sites is 2. The molecule has 1 aromatic carbocycles. The number of benzene rings is 1. The van der Waals surface area contributed by atoms with Crippen molar-refractivity contribution in [3.05, 3.63) is 42.2 Å². The predicted octanol–water partition coefficient (Wildman–Crippen LogP) is 1.86. The molecular formula is C15H20N6. The number of aryl methyl sites for hydroxylation is 2. The SMILES string of the molecule is CCCn1c(CNCc2nncn2C)nc2ccccc21. The van der Waals surface area contributed by atoms with E-state index in [2.05, 4.69) is 45.2 Å². The highest BCUT2D eigenvalue weighted by Crippen LogP contribution is 2.16. The standard InChI is InChI=1S/C15H20N6/c1-3-8-21-13-7-5-4-6-12(13)18-14(21)9-16-10-15-19-17-11-20(15)2/h4-7,11,16H,3,8-10H2,1-2H3. The maximum atomic E-state index is 4.73. The number of hydrogen-bond acceptors (Lipinski definition) is 4. The van der Waals surface area contributed by atoms with E-state index < -0.39 is 0 Å². The monoisotopic (exact) mass is 284 g/mol. The summed E-state index contributed by atoms with van der Waals surface area (Å²) in [7, 11) is 1.95. The van der Waals surface area contributed by atoms with Crippen LogP contribution in [0.3, 0.4) is 0 Å². The zero-order chi connectivity index (χ0) is 14.7. The highest BCUT2D eigenvalue weighted by molar-refractivity contribution is 5.75. The number of hydrogen-bond donors (Lipinski definition) is 1. The summed E-state index contributed by atoms with van der Waals surface area (Å²) < 4.78 is 4.21. The molecular weight excluding hydrogens is 264 g/mol. The van der Waals surface area contributed by atoms with Crippen molar-refractivity contribution in [2.24, 2.45) is 7.05 Å². The van der Waals surface area contributed by atoms with E-state index in [1.807, 2.05) is 17.7 Å². The number of rotatable bonds is 6. The average Bonchev–Trinajstić information content (AvgIpc) is 3.05. The summed E-state index contributed by atoms with van der Waals surface area (Å²) in [5.41, 5.74) is 2.26. The van der Waals surface area contributed by atoms with Crippen LogP contribution in [0.5, 0.6) is 0 Å². The summed E-state index contributed by atoms with van der Waals surface area (Å²) in [5, 5.41) is 11.4. The lowest BCUT2D eigenvalue weighted by molar-refractivity contribution is 0.579. The van der Waals surface area contributed by atoms with Gasteiger partial charge in [0.25, 0.3) is 0 Å². The summed E-state index contributed by atoms with van der Waals surface area (Å²) in [6.45, 7) is 4.58. The molecule has 0 fully saturated rings. The van der Waals surface area contributed by atoms with Crippen LogP contribution in [0.2, 0.25) is 0 Å². The lowest BCUT2D eigenvalue weighted by Gasteiger charge is -2.08. The van der Waals surface area contributed by atoms with Gasteiger partial charge in [0.1, 0.15) is 18.0 Å². The fraction of sp³-hybridized carbons (Fsp3) is 0.400. The fourth-order valence-corrected chi connectivity index (χ4v) is 2.49. The maximum Gasteiger partial charge on any atom is 0.146 e. The summed E-state index contributed by atoms with van der Waals surface area (Å²) in [4.78, 5) is 4.73. The van der Waals surface area contributed by atoms with Crippen molar-refractivity contribution < 1.29 is 0 Å². The van der Waals surface area contributed by atoms with Crippen molar-refractivity contribution >= 4 is 11.0 Å². The van der Waals surface area contributed by atoms with Gasteiger partial charge in [-0.05, 0) is 18.6 Å². The van der Waals surface area contributed by atoms with Crippen LogP contribution < -0.4 is 5.32 Å². The normalized spacial score (nSPS) is 11.3. The first kappa shape index (κ1) is 13.8. The fourth-order valence-electron chi connectivity index (χ4n) is 2.49. The molecule has 6 heteroatoms. The number of nitrogens with zero attached hydrogens (tertiary/aromatic N) is 5. The van der Waals surface area contributed by atoms with Crippen molar-refractivity contribution in [1.29, 1.82) is 0 Å². The van der Waals surface area contributed by atoms with Gasteiger partial charge < -0.3 is 14.5 Å². The Balaban J connectivity index is 1.76. The van der Waals surface area contributed by atoms with Crippen molar-refractivity contribution in [2.75, 3.05) is 0 Å². The van der Waals surface area contributed by atoms with Gasteiger partial charge >= 0.3 is 0 Å². The van der Waals surface area contributed by atoms with Crippen molar-refractivity contribution in [3.8, 4) is 0 Å². The summed E-state index contributed by atoms with van der Waals surface area (Å²) in [5.74, 6) is 1.99. The molecule has 0 radical (unpaired) electrons. The first-order chi connectivity index (χ1) is 10.3.